The molecule has 2 aliphatic rings. The van der Waals surface area contributed by atoms with Gasteiger partial charge in [0.2, 0.25) is 0 Å². The maximum Gasteiger partial charge on any atom is 0.261 e. The third-order valence-corrected chi connectivity index (χ3v) is 6.53. The lowest BCUT2D eigenvalue weighted by Gasteiger charge is -2.13. The van der Waals surface area contributed by atoms with Gasteiger partial charge in [0.15, 0.2) is 0 Å². The Morgan fingerprint density at radius 2 is 0.974 bits per heavy atom. The van der Waals surface area contributed by atoms with Crippen molar-refractivity contribution in [3.05, 3.63) is 83.9 Å². The Hall–Kier alpha value is -4.72. The van der Waals surface area contributed by atoms with Gasteiger partial charge in [0.05, 0.1) is 34.2 Å². The van der Waals surface area contributed by atoms with Crippen molar-refractivity contribution in [3.63, 3.8) is 0 Å². The number of carbonyl (C=O) groups excluding carboxylic acids is 2. The van der Waals surface area contributed by atoms with E-state index in [1.807, 2.05) is 100 Å². The summed E-state index contributed by atoms with van der Waals surface area (Å²) in [6.45, 7) is 7.63. The molecule has 2 atom stereocenters. The van der Waals surface area contributed by atoms with Crippen molar-refractivity contribution in [2.24, 2.45) is 32.0 Å². The first-order valence-corrected chi connectivity index (χ1v) is 12.4. The maximum absolute atomic E-state index is 13.1. The molecule has 0 N–H and O–H groups in total. The van der Waals surface area contributed by atoms with Gasteiger partial charge in [-0.15, -0.1) is 0 Å². The van der Waals surface area contributed by atoms with Gasteiger partial charge in [-0.3, -0.25) is 19.6 Å². The second-order valence-corrected chi connectivity index (χ2v) is 9.45. The molecule has 0 bridgehead atoms. The van der Waals surface area contributed by atoms with E-state index in [-0.39, 0.29) is 11.8 Å². The van der Waals surface area contributed by atoms with E-state index in [1.54, 1.807) is 12.4 Å². The van der Waals surface area contributed by atoms with Crippen LogP contribution in [0.3, 0.4) is 0 Å². The van der Waals surface area contributed by atoms with Gasteiger partial charge in [-0.25, -0.2) is 0 Å². The van der Waals surface area contributed by atoms with E-state index in [0.717, 1.165) is 22.5 Å². The van der Waals surface area contributed by atoms with E-state index in [9.17, 15) is 9.59 Å². The van der Waals surface area contributed by atoms with Crippen molar-refractivity contribution >= 4 is 58.4 Å². The van der Waals surface area contributed by atoms with E-state index in [1.165, 1.54) is 10.0 Å². The van der Waals surface area contributed by atoms with Crippen LogP contribution in [0.1, 0.15) is 25.0 Å². The summed E-state index contributed by atoms with van der Waals surface area (Å²) in [6, 6.07) is 22.7. The number of amides is 2. The summed E-state index contributed by atoms with van der Waals surface area (Å²) in [5.74, 6) is -1.45. The summed E-state index contributed by atoms with van der Waals surface area (Å²) in [4.78, 5) is 35.3. The zero-order valence-electron chi connectivity index (χ0n) is 21.7. The maximum atomic E-state index is 13.1. The number of para-hydroxylation sites is 2. The monoisotopic (exact) mass is 504 g/mol. The summed E-state index contributed by atoms with van der Waals surface area (Å²) < 4.78 is 0. The molecular formula is C30H28N6O2. The normalized spacial score (nSPS) is 19.7. The molecular weight excluding hydrogens is 476 g/mol. The molecule has 2 unspecified atom stereocenters. The Morgan fingerprint density at radius 1 is 0.605 bits per heavy atom. The van der Waals surface area contributed by atoms with Crippen molar-refractivity contribution < 1.29 is 9.59 Å². The number of hydrazone groups is 2. The Morgan fingerprint density at radius 3 is 1.34 bits per heavy atom. The van der Waals surface area contributed by atoms with Crippen LogP contribution in [0.4, 0.5) is 22.7 Å². The Balaban J connectivity index is 1.32. The minimum Gasteiger partial charge on any atom is -0.271 e. The third kappa shape index (κ3) is 4.93. The number of hydrogen-bond acceptors (Lipinski definition) is 6. The summed E-state index contributed by atoms with van der Waals surface area (Å²) in [7, 11) is 0. The van der Waals surface area contributed by atoms with Crippen molar-refractivity contribution in [3.8, 4) is 0 Å². The smallest absolute Gasteiger partial charge is 0.261 e. The second-order valence-electron chi connectivity index (χ2n) is 9.45. The van der Waals surface area contributed by atoms with Crippen LogP contribution in [0.15, 0.2) is 93.0 Å². The van der Waals surface area contributed by atoms with Crippen LogP contribution in [0.2, 0.25) is 0 Å². The van der Waals surface area contributed by atoms with E-state index < -0.39 is 11.8 Å². The summed E-state index contributed by atoms with van der Waals surface area (Å²) in [6.07, 6.45) is 3.21. The molecule has 2 heterocycles. The number of benzene rings is 3. The van der Waals surface area contributed by atoms with Crippen LogP contribution in [0, 0.1) is 25.7 Å². The highest BCUT2D eigenvalue weighted by molar-refractivity contribution is 6.24. The van der Waals surface area contributed by atoms with Gasteiger partial charge in [0, 0.05) is 12.4 Å². The predicted molar refractivity (Wildman–Crippen MR) is 153 cm³/mol. The minimum absolute atomic E-state index is 0.157. The quantitative estimate of drug-likeness (QED) is 0.398. The first-order valence-electron chi connectivity index (χ1n) is 12.4. The van der Waals surface area contributed by atoms with E-state index in [0.29, 0.717) is 22.8 Å². The number of hydrogen-bond donors (Lipinski definition) is 0. The minimum atomic E-state index is -0.567. The molecule has 2 aliphatic heterocycles. The molecule has 5 rings (SSSR count). The predicted octanol–water partition coefficient (Wildman–Crippen LogP) is 5.79. The number of carbonyl (C=O) groups is 2. The number of anilines is 2. The fourth-order valence-corrected chi connectivity index (χ4v) is 4.24. The van der Waals surface area contributed by atoms with Gasteiger partial charge >= 0.3 is 0 Å². The number of nitrogens with zero attached hydrogens (tertiary/aromatic N) is 6. The molecule has 0 spiro atoms. The molecule has 0 radical (unpaired) electrons. The Kier molecular flexibility index (Phi) is 6.79. The van der Waals surface area contributed by atoms with Crippen molar-refractivity contribution in [2.45, 2.75) is 27.7 Å². The topological polar surface area (TPSA) is 90.1 Å². The largest absolute Gasteiger partial charge is 0.271 e. The third-order valence-electron chi connectivity index (χ3n) is 6.53. The second kappa shape index (κ2) is 10.3. The molecule has 2 amide bonds. The molecule has 38 heavy (non-hydrogen) atoms. The van der Waals surface area contributed by atoms with Crippen LogP contribution in [-0.2, 0) is 9.59 Å². The highest BCUT2D eigenvalue weighted by Gasteiger charge is 2.34. The van der Waals surface area contributed by atoms with Crippen molar-refractivity contribution in [2.75, 3.05) is 10.0 Å². The van der Waals surface area contributed by atoms with Crippen LogP contribution >= 0.6 is 0 Å². The summed E-state index contributed by atoms with van der Waals surface area (Å²) in [5.41, 5.74) is 6.18. The standard InChI is InChI=1S/C30H28N6O2/c1-19-9-13-23(14-10-19)35-29(37)25(21(3)33-35)17-31-27-7-5-6-8-28(27)32-18-26-22(4)34-36(30(26)38)24-15-11-20(2)12-16-24/h5-18,25-26H,1-4H3. The highest BCUT2D eigenvalue weighted by atomic mass is 16.2. The SMILES string of the molecule is CC1=NN(c2ccc(C)cc2)C(=O)C1C=Nc1ccccc1N=CC1C(=O)N(c2ccc(C)cc2)N=C1C. The van der Waals surface area contributed by atoms with Gasteiger partial charge in [-0.05, 0) is 64.1 Å². The Labute approximate surface area is 221 Å². The molecule has 0 saturated heterocycles. The molecule has 3 aromatic carbocycles. The number of rotatable bonds is 6. The van der Waals surface area contributed by atoms with Crippen LogP contribution in [0.25, 0.3) is 0 Å². The zero-order valence-corrected chi connectivity index (χ0v) is 21.7. The van der Waals surface area contributed by atoms with E-state index in [2.05, 4.69) is 20.2 Å². The van der Waals surface area contributed by atoms with Gasteiger partial charge in [0.1, 0.15) is 11.8 Å². The first kappa shape index (κ1) is 25.0. The molecule has 8 heteroatoms. The van der Waals surface area contributed by atoms with E-state index in [4.69, 9.17) is 0 Å². The summed E-state index contributed by atoms with van der Waals surface area (Å²) in [5, 5.41) is 11.7. The summed E-state index contributed by atoms with van der Waals surface area (Å²) >= 11 is 0. The molecule has 0 aliphatic carbocycles. The van der Waals surface area contributed by atoms with Crippen molar-refractivity contribution in [1.82, 2.24) is 0 Å². The first-order chi connectivity index (χ1) is 18.3. The van der Waals surface area contributed by atoms with Gasteiger partial charge in [-0.1, -0.05) is 47.5 Å². The lowest BCUT2D eigenvalue weighted by molar-refractivity contribution is -0.119. The Bertz CT molecular complexity index is 1390. The molecule has 190 valence electrons. The lowest BCUT2D eigenvalue weighted by Crippen LogP contribution is -2.28. The fourth-order valence-electron chi connectivity index (χ4n) is 4.24. The van der Waals surface area contributed by atoms with Gasteiger partial charge in [0.25, 0.3) is 11.8 Å². The average Bonchev–Trinajstić information content (AvgIpc) is 3.36. The number of aliphatic imine (C=N–C) groups is 2. The lowest BCUT2D eigenvalue weighted by atomic mass is 10.1. The van der Waals surface area contributed by atoms with Gasteiger partial charge in [-0.2, -0.15) is 20.2 Å². The molecule has 0 aromatic heterocycles. The van der Waals surface area contributed by atoms with E-state index >= 15 is 0 Å². The molecule has 0 fully saturated rings. The van der Waals surface area contributed by atoms with Crippen LogP contribution in [0.5, 0.6) is 0 Å². The zero-order chi connectivity index (χ0) is 26.8. The molecule has 3 aromatic rings. The van der Waals surface area contributed by atoms with Crippen LogP contribution < -0.4 is 10.0 Å². The average molecular weight is 505 g/mol. The molecule has 8 nitrogen and oxygen atoms in total. The number of aryl methyl sites for hydroxylation is 2. The molecule has 0 saturated carbocycles. The van der Waals surface area contributed by atoms with Gasteiger partial charge < -0.3 is 0 Å². The fraction of sp³-hybridized carbons (Fsp3) is 0.200. The van der Waals surface area contributed by atoms with Crippen LogP contribution in [-0.4, -0.2) is 35.7 Å². The highest BCUT2D eigenvalue weighted by Crippen LogP contribution is 2.30. The van der Waals surface area contributed by atoms with Crippen molar-refractivity contribution in [1.29, 1.82) is 0 Å².